The van der Waals surface area contributed by atoms with Gasteiger partial charge in [0, 0.05) is 18.1 Å². The van der Waals surface area contributed by atoms with Crippen molar-refractivity contribution < 1.29 is 9.59 Å². The molecule has 0 bridgehead atoms. The van der Waals surface area contributed by atoms with E-state index in [-0.39, 0.29) is 22.8 Å². The second kappa shape index (κ2) is 8.02. The van der Waals surface area contributed by atoms with Crippen LogP contribution in [0, 0.1) is 5.92 Å². The summed E-state index contributed by atoms with van der Waals surface area (Å²) < 4.78 is 0. The van der Waals surface area contributed by atoms with Gasteiger partial charge in [-0.2, -0.15) is 0 Å². The highest BCUT2D eigenvalue weighted by atomic mass is 35.5. The Morgan fingerprint density at radius 3 is 2.35 bits per heavy atom. The van der Waals surface area contributed by atoms with Gasteiger partial charge in [-0.1, -0.05) is 37.0 Å². The second-order valence-electron chi connectivity index (χ2n) is 6.21. The van der Waals surface area contributed by atoms with E-state index in [1.54, 1.807) is 12.1 Å². The minimum atomic E-state index is -0.549. The fraction of sp³-hybridized carbons (Fsp3) is 0.529. The summed E-state index contributed by atoms with van der Waals surface area (Å²) >= 11 is 11.9. The number of hydrogen-bond donors (Lipinski definition) is 1. The molecule has 0 aliphatic carbocycles. The van der Waals surface area contributed by atoms with Crippen molar-refractivity contribution in [2.45, 2.75) is 39.2 Å². The van der Waals surface area contributed by atoms with Crippen LogP contribution in [0.2, 0.25) is 10.0 Å². The first-order chi connectivity index (χ1) is 10.9. The molecule has 1 aromatic carbocycles. The van der Waals surface area contributed by atoms with Crippen LogP contribution in [0.25, 0.3) is 0 Å². The molecular formula is C17H22Cl2N2O2. The fourth-order valence-electron chi connectivity index (χ4n) is 2.72. The number of hydrogen-bond acceptors (Lipinski definition) is 2. The fourth-order valence-corrected chi connectivity index (χ4v) is 3.21. The van der Waals surface area contributed by atoms with E-state index in [1.807, 2.05) is 18.7 Å². The Kier molecular flexibility index (Phi) is 6.31. The number of halogens is 2. The van der Waals surface area contributed by atoms with E-state index >= 15 is 0 Å². The van der Waals surface area contributed by atoms with E-state index in [0.717, 1.165) is 32.4 Å². The zero-order chi connectivity index (χ0) is 17.0. The molecule has 1 heterocycles. The third kappa shape index (κ3) is 4.61. The molecule has 0 unspecified atom stereocenters. The molecule has 4 nitrogen and oxygen atoms in total. The number of amides is 2. The van der Waals surface area contributed by atoms with Gasteiger partial charge < -0.3 is 10.2 Å². The zero-order valence-electron chi connectivity index (χ0n) is 13.4. The largest absolute Gasteiger partial charge is 0.341 e. The summed E-state index contributed by atoms with van der Waals surface area (Å²) in [5.41, 5.74) is 0.327. The summed E-state index contributed by atoms with van der Waals surface area (Å²) in [6.07, 6.45) is 3.20. The molecule has 126 valence electrons. The van der Waals surface area contributed by atoms with E-state index in [2.05, 4.69) is 5.32 Å². The predicted molar refractivity (Wildman–Crippen MR) is 93.0 cm³/mol. The minimum Gasteiger partial charge on any atom is -0.341 e. The maximum absolute atomic E-state index is 12.7. The Morgan fingerprint density at radius 2 is 1.78 bits per heavy atom. The highest BCUT2D eigenvalue weighted by Gasteiger charge is 2.30. The molecule has 0 saturated carbocycles. The SMILES string of the molecule is CC(C)[C@H](NC(=O)c1ccc(Cl)cc1Cl)C(=O)N1CCCCC1. The molecule has 1 aromatic rings. The number of nitrogens with zero attached hydrogens (tertiary/aromatic N) is 1. The maximum atomic E-state index is 12.7. The Hall–Kier alpha value is -1.26. The number of carbonyl (C=O) groups excluding carboxylic acids is 2. The van der Waals surface area contributed by atoms with Crippen LogP contribution in [-0.4, -0.2) is 35.8 Å². The monoisotopic (exact) mass is 356 g/mol. The van der Waals surface area contributed by atoms with Gasteiger partial charge in [0.1, 0.15) is 6.04 Å². The molecule has 2 rings (SSSR count). The summed E-state index contributed by atoms with van der Waals surface area (Å²) in [6, 6.07) is 4.16. The lowest BCUT2D eigenvalue weighted by molar-refractivity contribution is -0.135. The van der Waals surface area contributed by atoms with Crippen LogP contribution < -0.4 is 5.32 Å². The zero-order valence-corrected chi connectivity index (χ0v) is 15.0. The van der Waals surface area contributed by atoms with Crippen molar-refractivity contribution in [3.8, 4) is 0 Å². The number of carbonyl (C=O) groups is 2. The average molecular weight is 357 g/mol. The Balaban J connectivity index is 2.12. The highest BCUT2D eigenvalue weighted by Crippen LogP contribution is 2.21. The van der Waals surface area contributed by atoms with Crippen LogP contribution in [-0.2, 0) is 4.79 Å². The predicted octanol–water partition coefficient (Wildman–Crippen LogP) is 3.76. The smallest absolute Gasteiger partial charge is 0.253 e. The third-order valence-corrected chi connectivity index (χ3v) is 4.61. The van der Waals surface area contributed by atoms with E-state index in [4.69, 9.17) is 23.2 Å². The molecule has 6 heteroatoms. The third-order valence-electron chi connectivity index (χ3n) is 4.06. The first-order valence-corrected chi connectivity index (χ1v) is 8.70. The summed E-state index contributed by atoms with van der Waals surface area (Å²) in [4.78, 5) is 27.0. The number of likely N-dealkylation sites (tertiary alicyclic amines) is 1. The number of benzene rings is 1. The molecule has 2 amide bonds. The van der Waals surface area contributed by atoms with Crippen molar-refractivity contribution in [2.24, 2.45) is 5.92 Å². The molecule has 1 atom stereocenters. The molecule has 1 N–H and O–H groups in total. The van der Waals surface area contributed by atoms with Gasteiger partial charge in [0.15, 0.2) is 0 Å². The summed E-state index contributed by atoms with van der Waals surface area (Å²) in [7, 11) is 0. The first-order valence-electron chi connectivity index (χ1n) is 7.95. The van der Waals surface area contributed by atoms with E-state index in [9.17, 15) is 9.59 Å². The van der Waals surface area contributed by atoms with Gasteiger partial charge in [0.25, 0.3) is 5.91 Å². The number of nitrogens with one attached hydrogen (secondary N) is 1. The van der Waals surface area contributed by atoms with Gasteiger partial charge in [-0.25, -0.2) is 0 Å². The average Bonchev–Trinajstić information content (AvgIpc) is 2.52. The molecule has 1 aliphatic rings. The van der Waals surface area contributed by atoms with Crippen LogP contribution in [0.15, 0.2) is 18.2 Å². The van der Waals surface area contributed by atoms with E-state index in [1.165, 1.54) is 6.07 Å². The van der Waals surface area contributed by atoms with Crippen LogP contribution in [0.3, 0.4) is 0 Å². The lowest BCUT2D eigenvalue weighted by Gasteiger charge is -2.32. The molecule has 23 heavy (non-hydrogen) atoms. The molecule has 0 radical (unpaired) electrons. The summed E-state index contributed by atoms with van der Waals surface area (Å²) in [6.45, 7) is 5.38. The Morgan fingerprint density at radius 1 is 1.13 bits per heavy atom. The number of piperidine rings is 1. The Labute approximate surface area is 147 Å². The van der Waals surface area contributed by atoms with Crippen LogP contribution in [0.4, 0.5) is 0 Å². The van der Waals surface area contributed by atoms with Crippen molar-refractivity contribution in [3.63, 3.8) is 0 Å². The van der Waals surface area contributed by atoms with Gasteiger partial charge in [-0.05, 0) is 43.4 Å². The maximum Gasteiger partial charge on any atom is 0.253 e. The molecule has 0 spiro atoms. The quantitative estimate of drug-likeness (QED) is 0.892. The van der Waals surface area contributed by atoms with Crippen molar-refractivity contribution in [2.75, 3.05) is 13.1 Å². The second-order valence-corrected chi connectivity index (χ2v) is 7.05. The van der Waals surface area contributed by atoms with Crippen LogP contribution in [0.5, 0.6) is 0 Å². The van der Waals surface area contributed by atoms with Crippen LogP contribution >= 0.6 is 23.2 Å². The van der Waals surface area contributed by atoms with Gasteiger partial charge in [-0.15, -0.1) is 0 Å². The van der Waals surface area contributed by atoms with Crippen molar-refractivity contribution >= 4 is 35.0 Å². The van der Waals surface area contributed by atoms with E-state index < -0.39 is 6.04 Å². The number of rotatable bonds is 4. The normalized spacial score (nSPS) is 16.3. The summed E-state index contributed by atoms with van der Waals surface area (Å²) in [5, 5.41) is 3.58. The first kappa shape index (κ1) is 18.1. The minimum absolute atomic E-state index is 0.000507. The molecule has 0 aromatic heterocycles. The lowest BCUT2D eigenvalue weighted by Crippen LogP contribution is -2.52. The van der Waals surface area contributed by atoms with Gasteiger partial charge in [0.05, 0.1) is 10.6 Å². The molecular weight excluding hydrogens is 335 g/mol. The molecule has 1 saturated heterocycles. The van der Waals surface area contributed by atoms with Gasteiger partial charge in [0.2, 0.25) is 5.91 Å². The van der Waals surface area contributed by atoms with Gasteiger partial charge in [-0.3, -0.25) is 9.59 Å². The molecule has 1 fully saturated rings. The van der Waals surface area contributed by atoms with Crippen LogP contribution in [0.1, 0.15) is 43.5 Å². The standard InChI is InChI=1S/C17H22Cl2N2O2/c1-11(2)15(17(23)21-8-4-3-5-9-21)20-16(22)13-7-6-12(18)10-14(13)19/h6-7,10-11,15H,3-5,8-9H2,1-2H3,(H,20,22)/t15-/m0/s1. The van der Waals surface area contributed by atoms with Crippen molar-refractivity contribution in [1.82, 2.24) is 10.2 Å². The highest BCUT2D eigenvalue weighted by molar-refractivity contribution is 6.36. The Bertz CT molecular complexity index is 584. The van der Waals surface area contributed by atoms with Gasteiger partial charge >= 0.3 is 0 Å². The van der Waals surface area contributed by atoms with E-state index in [0.29, 0.717) is 10.6 Å². The lowest BCUT2D eigenvalue weighted by atomic mass is 10.0. The topological polar surface area (TPSA) is 49.4 Å². The summed E-state index contributed by atoms with van der Waals surface area (Å²) in [5.74, 6) is -0.367. The van der Waals surface area contributed by atoms with Crippen molar-refractivity contribution in [3.05, 3.63) is 33.8 Å². The van der Waals surface area contributed by atoms with Crippen molar-refractivity contribution in [1.29, 1.82) is 0 Å². The molecule has 1 aliphatic heterocycles.